The number of amides is 2. The number of halogens is 3. The Morgan fingerprint density at radius 3 is 2.75 bits per heavy atom. The number of nitrogens with one attached hydrogen (secondary N) is 2. The molecule has 1 aliphatic rings. The average Bonchev–Trinajstić information content (AvgIpc) is 3.25. The van der Waals surface area contributed by atoms with Crippen LogP contribution in [-0.2, 0) is 16.1 Å². The molecule has 1 saturated heterocycles. The zero-order chi connectivity index (χ0) is 28.7. The molecule has 15 heteroatoms. The smallest absolute Gasteiger partial charge is 0.261 e. The van der Waals surface area contributed by atoms with E-state index in [1.54, 1.807) is 6.07 Å². The highest BCUT2D eigenvalue weighted by molar-refractivity contribution is 6.34. The number of carbonyl (C=O) groups is 2. The van der Waals surface area contributed by atoms with Crippen LogP contribution in [0.5, 0.6) is 5.75 Å². The van der Waals surface area contributed by atoms with Crippen molar-refractivity contribution in [2.75, 3.05) is 30.0 Å². The molecule has 3 aromatic heterocycles. The summed E-state index contributed by atoms with van der Waals surface area (Å²) in [6.07, 6.45) is 2.95. The van der Waals surface area contributed by atoms with Crippen LogP contribution in [0.25, 0.3) is 22.2 Å². The number of rotatable bonds is 6. The van der Waals surface area contributed by atoms with Crippen molar-refractivity contribution in [1.82, 2.24) is 19.5 Å². The Morgan fingerprint density at radius 1 is 1.25 bits per heavy atom. The molecule has 1 fully saturated rings. The Bertz CT molecular complexity index is 1720. The van der Waals surface area contributed by atoms with Crippen molar-refractivity contribution >= 4 is 69.2 Å². The van der Waals surface area contributed by atoms with Crippen molar-refractivity contribution in [3.8, 4) is 16.9 Å². The average molecular weight is 607 g/mol. The monoisotopic (exact) mass is 605 g/mol. The molecule has 0 spiro atoms. The minimum atomic E-state index is -0.917. The van der Waals surface area contributed by atoms with E-state index in [-0.39, 0.29) is 55.6 Å². The fourth-order valence-electron chi connectivity index (χ4n) is 4.54. The summed E-state index contributed by atoms with van der Waals surface area (Å²) in [5.74, 6) is -1.24. The fourth-order valence-corrected chi connectivity index (χ4v) is 5.08. The Hall–Kier alpha value is -3.84. The first kappa shape index (κ1) is 27.7. The van der Waals surface area contributed by atoms with E-state index in [9.17, 15) is 19.5 Å². The number of nitrogens with two attached hydrogens (primary N) is 1. The second-order valence-corrected chi connectivity index (χ2v) is 10.3. The number of H-pyrrole nitrogens is 1. The number of aromatic amines is 1. The first-order chi connectivity index (χ1) is 19.0. The van der Waals surface area contributed by atoms with Gasteiger partial charge in [-0.25, -0.2) is 9.97 Å². The number of phenols is 1. The molecule has 1 aromatic carbocycles. The maximum Gasteiger partial charge on any atom is 0.261 e. The normalized spacial score (nSPS) is 15.4. The van der Waals surface area contributed by atoms with Crippen LogP contribution in [0.3, 0.4) is 0 Å². The molecule has 5 rings (SSSR count). The number of benzene rings is 1. The van der Waals surface area contributed by atoms with Crippen LogP contribution in [0, 0.1) is 0 Å². The van der Waals surface area contributed by atoms with Gasteiger partial charge in [-0.3, -0.25) is 19.4 Å². The molecule has 4 aromatic rings. The van der Waals surface area contributed by atoms with E-state index in [0.717, 1.165) is 0 Å². The standard InChI is InChI=1S/C25H22Cl3N7O5/c1-11-10-40-3-2-35(11)18-6-17(16(27)7-30-18)31-19(36)9-34-8-14(20-23(34)32-25(28)33-24(20)39)12-4-13(22(29)38)21(37)15(26)5-12/h4-8,11,37H,2-3,9-10H2,1H3,(H2,29,38)(H,30,31,36)(H,32,33,39)/t11-/m0/s1. The first-order valence-electron chi connectivity index (χ1n) is 11.9. The number of nitrogens with zero attached hydrogens (tertiary/aromatic N) is 4. The number of ether oxygens (including phenoxy) is 1. The van der Waals surface area contributed by atoms with Crippen molar-refractivity contribution in [2.24, 2.45) is 5.73 Å². The predicted molar refractivity (Wildman–Crippen MR) is 151 cm³/mol. The molecule has 208 valence electrons. The molecule has 2 amide bonds. The quantitative estimate of drug-likeness (QED) is 0.242. The number of primary amides is 1. The number of aromatic nitrogens is 4. The van der Waals surface area contributed by atoms with Gasteiger partial charge >= 0.3 is 0 Å². The third-order valence-corrected chi connectivity index (χ3v) is 7.20. The van der Waals surface area contributed by atoms with Gasteiger partial charge in [0.25, 0.3) is 11.5 Å². The Balaban J connectivity index is 1.51. The highest BCUT2D eigenvalue weighted by atomic mass is 35.5. The minimum Gasteiger partial charge on any atom is -0.506 e. The second kappa shape index (κ2) is 11.0. The fraction of sp³-hybridized carbons (Fsp3) is 0.240. The van der Waals surface area contributed by atoms with Crippen LogP contribution in [-0.4, -0.2) is 62.2 Å². The van der Waals surface area contributed by atoms with Crippen molar-refractivity contribution in [1.29, 1.82) is 0 Å². The van der Waals surface area contributed by atoms with Crippen LogP contribution in [0.4, 0.5) is 11.5 Å². The van der Waals surface area contributed by atoms with Gasteiger partial charge in [-0.15, -0.1) is 0 Å². The molecule has 5 N–H and O–H groups in total. The van der Waals surface area contributed by atoms with Crippen molar-refractivity contribution < 1.29 is 19.4 Å². The summed E-state index contributed by atoms with van der Waals surface area (Å²) in [4.78, 5) is 51.0. The molecular formula is C25H22Cl3N7O5. The van der Waals surface area contributed by atoms with Crippen molar-refractivity contribution in [3.05, 3.63) is 61.8 Å². The number of morpholine rings is 1. The van der Waals surface area contributed by atoms with E-state index >= 15 is 0 Å². The summed E-state index contributed by atoms with van der Waals surface area (Å²) >= 11 is 18.5. The number of aromatic hydroxyl groups is 1. The van der Waals surface area contributed by atoms with Crippen molar-refractivity contribution in [2.45, 2.75) is 19.5 Å². The summed E-state index contributed by atoms with van der Waals surface area (Å²) in [5.41, 5.74) is 5.58. The van der Waals surface area contributed by atoms with Crippen LogP contribution in [0.1, 0.15) is 17.3 Å². The van der Waals surface area contributed by atoms with E-state index in [1.165, 1.54) is 29.1 Å². The topological polar surface area (TPSA) is 168 Å². The van der Waals surface area contributed by atoms with Crippen LogP contribution < -0.4 is 21.5 Å². The van der Waals surface area contributed by atoms with Gasteiger partial charge in [-0.05, 0) is 36.2 Å². The Morgan fingerprint density at radius 2 is 2.02 bits per heavy atom. The second-order valence-electron chi connectivity index (χ2n) is 9.13. The molecule has 1 atom stereocenters. The van der Waals surface area contributed by atoms with E-state index in [0.29, 0.717) is 31.3 Å². The molecule has 40 heavy (non-hydrogen) atoms. The third kappa shape index (κ3) is 5.30. The van der Waals surface area contributed by atoms with Crippen LogP contribution in [0.15, 0.2) is 35.4 Å². The lowest BCUT2D eigenvalue weighted by Gasteiger charge is -2.34. The molecular weight excluding hydrogens is 585 g/mol. The largest absolute Gasteiger partial charge is 0.506 e. The molecule has 4 heterocycles. The zero-order valence-electron chi connectivity index (χ0n) is 20.9. The zero-order valence-corrected chi connectivity index (χ0v) is 23.1. The predicted octanol–water partition coefficient (Wildman–Crippen LogP) is 3.42. The molecule has 0 radical (unpaired) electrons. The Kier molecular flexibility index (Phi) is 7.60. The number of fused-ring (bicyclic) bond motifs is 1. The summed E-state index contributed by atoms with van der Waals surface area (Å²) in [6.45, 7) is 3.48. The van der Waals surface area contributed by atoms with Gasteiger partial charge in [0, 0.05) is 24.4 Å². The highest BCUT2D eigenvalue weighted by Gasteiger charge is 2.23. The number of hydrogen-bond donors (Lipinski definition) is 4. The molecule has 12 nitrogen and oxygen atoms in total. The van der Waals surface area contributed by atoms with E-state index < -0.39 is 23.1 Å². The van der Waals surface area contributed by atoms with Gasteiger partial charge in [-0.2, -0.15) is 0 Å². The van der Waals surface area contributed by atoms with Gasteiger partial charge < -0.3 is 30.4 Å². The lowest BCUT2D eigenvalue weighted by atomic mass is 10.0. The minimum absolute atomic E-state index is 0.0833. The summed E-state index contributed by atoms with van der Waals surface area (Å²) in [7, 11) is 0. The first-order valence-corrected chi connectivity index (χ1v) is 13.1. The molecule has 0 unspecified atom stereocenters. The number of hydrogen-bond acceptors (Lipinski definition) is 8. The van der Waals surface area contributed by atoms with Crippen LogP contribution >= 0.6 is 34.8 Å². The lowest BCUT2D eigenvalue weighted by Crippen LogP contribution is -2.44. The number of anilines is 2. The SMILES string of the molecule is C[C@H]1COCCN1c1cc(NC(=O)Cn2cc(-c3cc(Cl)c(O)c(C(N)=O)c3)c3c(=O)[nH]c(Cl)nc32)c(Cl)cn1. The van der Waals surface area contributed by atoms with Gasteiger partial charge in [0.05, 0.1) is 52.1 Å². The van der Waals surface area contributed by atoms with Gasteiger partial charge in [0.2, 0.25) is 11.2 Å². The lowest BCUT2D eigenvalue weighted by molar-refractivity contribution is -0.116. The highest BCUT2D eigenvalue weighted by Crippen LogP contribution is 2.36. The van der Waals surface area contributed by atoms with Crippen molar-refractivity contribution in [3.63, 3.8) is 0 Å². The molecule has 1 aliphatic heterocycles. The van der Waals surface area contributed by atoms with Gasteiger partial charge in [0.15, 0.2) is 0 Å². The van der Waals surface area contributed by atoms with E-state index in [4.69, 9.17) is 45.3 Å². The molecule has 0 aliphatic carbocycles. The molecule has 0 saturated carbocycles. The van der Waals surface area contributed by atoms with E-state index in [1.807, 2.05) is 6.92 Å². The Labute approximate surface area is 241 Å². The van der Waals surface area contributed by atoms with Gasteiger partial charge in [-0.1, -0.05) is 23.2 Å². The summed E-state index contributed by atoms with van der Waals surface area (Å²) in [5, 5.41) is 12.9. The maximum atomic E-state index is 13.2. The van der Waals surface area contributed by atoms with E-state index in [2.05, 4.69) is 25.2 Å². The van der Waals surface area contributed by atoms with Gasteiger partial charge in [0.1, 0.15) is 23.8 Å². The number of carbonyl (C=O) groups excluding carboxylic acids is 2. The van der Waals surface area contributed by atoms with Crippen LogP contribution in [0.2, 0.25) is 15.3 Å². The summed E-state index contributed by atoms with van der Waals surface area (Å²) in [6, 6.07) is 4.43. The number of pyridine rings is 1. The maximum absolute atomic E-state index is 13.2. The molecule has 0 bridgehead atoms. The third-order valence-electron chi connectivity index (χ3n) is 6.43. The summed E-state index contributed by atoms with van der Waals surface area (Å²) < 4.78 is 6.91.